The van der Waals surface area contributed by atoms with Gasteiger partial charge in [0.2, 0.25) is 0 Å². The number of carbonyl (C=O) groups is 1. The number of methoxy groups -OCH3 is 1. The number of aliphatic carboxylic acids is 1. The number of nitrogens with zero attached hydrogens (tertiary/aromatic N) is 1. The van der Waals surface area contributed by atoms with E-state index in [1.54, 1.807) is 14.0 Å². The van der Waals surface area contributed by atoms with E-state index in [-0.39, 0.29) is 6.61 Å². The summed E-state index contributed by atoms with van der Waals surface area (Å²) in [6.07, 6.45) is 4.63. The van der Waals surface area contributed by atoms with Gasteiger partial charge in [-0.15, -0.1) is 0 Å². The smallest absolute Gasteiger partial charge is 0.326 e. The molecule has 3 unspecified atom stereocenters. The van der Waals surface area contributed by atoms with Crippen LogP contribution < -0.4 is 0 Å². The predicted octanol–water partition coefficient (Wildman–Crippen LogP) is 1.99. The van der Waals surface area contributed by atoms with E-state index in [0.29, 0.717) is 12.0 Å². The molecule has 1 fully saturated rings. The fraction of sp³-hybridized carbons (Fsp3) is 0.923. The van der Waals surface area contributed by atoms with Gasteiger partial charge in [-0.05, 0) is 32.7 Å². The number of carboxylic acids is 1. The first kappa shape index (κ1) is 14.5. The van der Waals surface area contributed by atoms with Gasteiger partial charge in [0.1, 0.15) is 5.54 Å². The molecule has 1 N–H and O–H groups in total. The van der Waals surface area contributed by atoms with Gasteiger partial charge in [0.25, 0.3) is 0 Å². The molecular weight excluding hydrogens is 218 g/mol. The molecule has 1 aliphatic carbocycles. The van der Waals surface area contributed by atoms with Gasteiger partial charge in [-0.25, -0.2) is 0 Å². The Balaban J connectivity index is 2.76. The molecule has 4 heteroatoms. The molecule has 1 saturated carbocycles. The second-order valence-corrected chi connectivity index (χ2v) is 5.55. The Bertz CT molecular complexity index is 269. The number of likely N-dealkylation sites (N-methyl/N-ethyl adjacent to an activating group) is 1. The number of carboxylic acid groups (broad SMARTS) is 1. The number of hydrogen-bond acceptors (Lipinski definition) is 3. The standard InChI is InChI=1S/C13H25NO3/c1-10-6-5-7-11(8-10)14(3)13(2,9-17-4)12(15)16/h10-11H,5-9H2,1-4H3,(H,15,16). The van der Waals surface area contributed by atoms with E-state index in [2.05, 4.69) is 6.92 Å². The fourth-order valence-corrected chi connectivity index (χ4v) is 2.75. The summed E-state index contributed by atoms with van der Waals surface area (Å²) in [4.78, 5) is 13.4. The van der Waals surface area contributed by atoms with E-state index in [0.717, 1.165) is 12.8 Å². The predicted molar refractivity (Wildman–Crippen MR) is 67.1 cm³/mol. The summed E-state index contributed by atoms with van der Waals surface area (Å²) in [5.41, 5.74) is -0.920. The highest BCUT2D eigenvalue weighted by atomic mass is 16.5. The van der Waals surface area contributed by atoms with Crippen LogP contribution in [0.5, 0.6) is 0 Å². The lowest BCUT2D eigenvalue weighted by Crippen LogP contribution is -2.58. The van der Waals surface area contributed by atoms with Crippen LogP contribution in [0.25, 0.3) is 0 Å². The molecule has 0 aromatic rings. The maximum Gasteiger partial charge on any atom is 0.326 e. The molecular formula is C13H25NO3. The Morgan fingerprint density at radius 1 is 1.53 bits per heavy atom. The van der Waals surface area contributed by atoms with Crippen LogP contribution in [0.15, 0.2) is 0 Å². The van der Waals surface area contributed by atoms with Gasteiger partial charge in [-0.2, -0.15) is 0 Å². The minimum absolute atomic E-state index is 0.226. The van der Waals surface area contributed by atoms with E-state index < -0.39 is 11.5 Å². The van der Waals surface area contributed by atoms with Crippen LogP contribution in [0.3, 0.4) is 0 Å². The zero-order chi connectivity index (χ0) is 13.1. The lowest BCUT2D eigenvalue weighted by molar-refractivity contribution is -0.155. The molecule has 17 heavy (non-hydrogen) atoms. The normalized spacial score (nSPS) is 29.0. The van der Waals surface area contributed by atoms with Gasteiger partial charge in [-0.1, -0.05) is 19.8 Å². The van der Waals surface area contributed by atoms with Gasteiger partial charge in [0.15, 0.2) is 0 Å². The van der Waals surface area contributed by atoms with Crippen molar-refractivity contribution in [3.63, 3.8) is 0 Å². The minimum atomic E-state index is -0.920. The maximum absolute atomic E-state index is 11.5. The molecule has 0 radical (unpaired) electrons. The second kappa shape index (κ2) is 5.83. The fourth-order valence-electron chi connectivity index (χ4n) is 2.75. The lowest BCUT2D eigenvalue weighted by Gasteiger charge is -2.42. The van der Waals surface area contributed by atoms with Crippen molar-refractivity contribution in [1.29, 1.82) is 0 Å². The van der Waals surface area contributed by atoms with Crippen LogP contribution in [0.1, 0.15) is 39.5 Å². The molecule has 0 bridgehead atoms. The molecule has 4 nitrogen and oxygen atoms in total. The van der Waals surface area contributed by atoms with Crippen molar-refractivity contribution in [2.45, 2.75) is 51.1 Å². The van der Waals surface area contributed by atoms with Crippen LogP contribution in [0, 0.1) is 5.92 Å². The largest absolute Gasteiger partial charge is 0.480 e. The molecule has 0 aromatic heterocycles. The number of rotatable bonds is 5. The van der Waals surface area contributed by atoms with E-state index in [1.165, 1.54) is 12.8 Å². The minimum Gasteiger partial charge on any atom is -0.480 e. The molecule has 0 saturated heterocycles. The van der Waals surface area contributed by atoms with Crippen LogP contribution in [0.2, 0.25) is 0 Å². The first-order chi connectivity index (χ1) is 7.91. The van der Waals surface area contributed by atoms with Crippen molar-refractivity contribution in [1.82, 2.24) is 4.90 Å². The molecule has 0 aromatic carbocycles. The molecule has 0 heterocycles. The van der Waals surface area contributed by atoms with E-state index >= 15 is 0 Å². The Hall–Kier alpha value is -0.610. The second-order valence-electron chi connectivity index (χ2n) is 5.55. The maximum atomic E-state index is 11.5. The highest BCUT2D eigenvalue weighted by Gasteiger charge is 2.41. The van der Waals surface area contributed by atoms with Crippen LogP contribution in [-0.4, -0.2) is 48.3 Å². The molecule has 0 aliphatic heterocycles. The SMILES string of the molecule is COCC(C)(C(=O)O)N(C)C1CCCC(C)C1. The van der Waals surface area contributed by atoms with Gasteiger partial charge >= 0.3 is 5.97 Å². The third-order valence-electron chi connectivity index (χ3n) is 4.12. The summed E-state index contributed by atoms with van der Waals surface area (Å²) in [6.45, 7) is 4.22. The Morgan fingerprint density at radius 2 is 2.18 bits per heavy atom. The molecule has 1 aliphatic rings. The lowest BCUT2D eigenvalue weighted by atomic mass is 9.84. The van der Waals surface area contributed by atoms with Crippen molar-refractivity contribution in [3.8, 4) is 0 Å². The first-order valence-corrected chi connectivity index (χ1v) is 6.37. The van der Waals surface area contributed by atoms with Crippen molar-refractivity contribution in [2.24, 2.45) is 5.92 Å². The highest BCUT2D eigenvalue weighted by Crippen LogP contribution is 2.30. The molecule has 1 rings (SSSR count). The summed E-state index contributed by atoms with van der Waals surface area (Å²) in [6, 6.07) is 0.356. The zero-order valence-electron chi connectivity index (χ0n) is 11.4. The average molecular weight is 243 g/mol. The molecule has 100 valence electrons. The van der Waals surface area contributed by atoms with E-state index in [1.807, 2.05) is 11.9 Å². The van der Waals surface area contributed by atoms with Gasteiger partial charge in [0.05, 0.1) is 6.61 Å². The molecule has 0 amide bonds. The van der Waals surface area contributed by atoms with Gasteiger partial charge in [-0.3, -0.25) is 9.69 Å². The summed E-state index contributed by atoms with van der Waals surface area (Å²) in [5, 5.41) is 9.41. The quantitative estimate of drug-likeness (QED) is 0.802. The number of hydrogen-bond donors (Lipinski definition) is 1. The highest BCUT2D eigenvalue weighted by molar-refractivity contribution is 5.78. The van der Waals surface area contributed by atoms with Crippen LogP contribution in [0.4, 0.5) is 0 Å². The first-order valence-electron chi connectivity index (χ1n) is 6.37. The summed E-state index contributed by atoms with van der Waals surface area (Å²) >= 11 is 0. The van der Waals surface area contributed by atoms with Crippen LogP contribution in [-0.2, 0) is 9.53 Å². The Morgan fingerprint density at radius 3 is 2.65 bits per heavy atom. The zero-order valence-corrected chi connectivity index (χ0v) is 11.4. The summed E-state index contributed by atoms with van der Waals surface area (Å²) in [5.74, 6) is -0.114. The Labute approximate surface area is 104 Å². The Kier molecular flexibility index (Phi) is 4.95. The van der Waals surface area contributed by atoms with Gasteiger partial charge < -0.3 is 9.84 Å². The molecule has 0 spiro atoms. The van der Waals surface area contributed by atoms with Crippen molar-refractivity contribution in [3.05, 3.63) is 0 Å². The molecule has 3 atom stereocenters. The third kappa shape index (κ3) is 3.19. The van der Waals surface area contributed by atoms with Crippen molar-refractivity contribution >= 4 is 5.97 Å². The third-order valence-corrected chi connectivity index (χ3v) is 4.12. The van der Waals surface area contributed by atoms with E-state index in [4.69, 9.17) is 4.74 Å². The van der Waals surface area contributed by atoms with Crippen molar-refractivity contribution in [2.75, 3.05) is 20.8 Å². The van der Waals surface area contributed by atoms with Crippen molar-refractivity contribution < 1.29 is 14.6 Å². The summed E-state index contributed by atoms with van der Waals surface area (Å²) in [7, 11) is 3.47. The van der Waals surface area contributed by atoms with Gasteiger partial charge in [0, 0.05) is 13.2 Å². The topological polar surface area (TPSA) is 49.8 Å². The van der Waals surface area contributed by atoms with E-state index in [9.17, 15) is 9.90 Å². The number of ether oxygens (including phenoxy) is 1. The summed E-state index contributed by atoms with van der Waals surface area (Å²) < 4.78 is 5.08. The monoisotopic (exact) mass is 243 g/mol. The average Bonchev–Trinajstić information content (AvgIpc) is 2.28. The van der Waals surface area contributed by atoms with Crippen LogP contribution >= 0.6 is 0 Å².